The molecule has 0 N–H and O–H groups in total. The fourth-order valence-electron chi connectivity index (χ4n) is 12.2. The van der Waals surface area contributed by atoms with E-state index in [9.17, 15) is 0 Å². The molecule has 0 spiro atoms. The Morgan fingerprint density at radius 1 is 0.377 bits per heavy atom. The van der Waals surface area contributed by atoms with E-state index in [1.165, 1.54) is 111 Å². The molecule has 0 saturated heterocycles. The third kappa shape index (κ3) is 7.12. The SMILES string of the molecule is CC.CC(C)(C)c1cc(C(C)(C)C)c(B2c3ccc(N4c5ccccc5C(C)(C)c5ccccc54)cc3-c3cc(N4c5ccccc5C(C)(C)c5ccccc54)c4ccccc4c32)c(C(C)(C)C)c1. The summed E-state index contributed by atoms with van der Waals surface area (Å²) in [4.78, 5) is 5.11. The Hall–Kier alpha value is -6.32. The molecule has 0 aromatic heterocycles. The number of para-hydroxylation sites is 4. The van der Waals surface area contributed by atoms with Crippen LogP contribution in [0.25, 0.3) is 21.9 Å². The molecule has 8 aromatic carbocycles. The number of rotatable bonds is 3. The van der Waals surface area contributed by atoms with E-state index < -0.39 is 0 Å². The highest BCUT2D eigenvalue weighted by atomic mass is 15.2. The summed E-state index contributed by atoms with van der Waals surface area (Å²) in [6.45, 7) is 35.2. The Kier molecular flexibility index (Phi) is 10.8. The minimum absolute atomic E-state index is 0.00823. The van der Waals surface area contributed by atoms with E-state index in [-0.39, 0.29) is 33.8 Å². The average Bonchev–Trinajstić information content (AvgIpc) is 3.64. The molecule has 2 nitrogen and oxygen atoms in total. The van der Waals surface area contributed by atoms with Crippen LogP contribution in [0, 0.1) is 0 Å². The van der Waals surface area contributed by atoms with Gasteiger partial charge in [0.1, 0.15) is 0 Å². The third-order valence-corrected chi connectivity index (χ3v) is 15.7. The van der Waals surface area contributed by atoms with Crippen LogP contribution in [-0.2, 0) is 27.1 Å². The molecule has 3 aliphatic rings. The van der Waals surface area contributed by atoms with Crippen LogP contribution in [0.3, 0.4) is 0 Å². The van der Waals surface area contributed by atoms with Gasteiger partial charge in [-0.25, -0.2) is 0 Å². The molecule has 0 radical (unpaired) electrons. The summed E-state index contributed by atoms with van der Waals surface area (Å²) in [6, 6.07) is 60.7. The van der Waals surface area contributed by atoms with Crippen molar-refractivity contribution < 1.29 is 0 Å². The van der Waals surface area contributed by atoms with Gasteiger partial charge in [0.2, 0.25) is 6.71 Å². The predicted octanol–water partition coefficient (Wildman–Crippen LogP) is 16.5. The first-order chi connectivity index (χ1) is 32.7. The maximum absolute atomic E-state index is 2.58. The van der Waals surface area contributed by atoms with Crippen LogP contribution in [0.2, 0.25) is 0 Å². The van der Waals surface area contributed by atoms with Gasteiger partial charge in [-0.3, -0.25) is 0 Å². The molecule has 0 bridgehead atoms. The minimum atomic E-state index is -0.162. The van der Waals surface area contributed by atoms with Crippen molar-refractivity contribution in [2.75, 3.05) is 9.80 Å². The van der Waals surface area contributed by atoms with E-state index in [2.05, 4.69) is 258 Å². The summed E-state index contributed by atoms with van der Waals surface area (Å²) < 4.78 is 0. The molecular formula is C66H71BN2. The van der Waals surface area contributed by atoms with Gasteiger partial charge >= 0.3 is 0 Å². The largest absolute Gasteiger partial charge is 0.310 e. The van der Waals surface area contributed by atoms with Crippen molar-refractivity contribution >= 4 is 68.0 Å². The van der Waals surface area contributed by atoms with Crippen LogP contribution < -0.4 is 26.2 Å². The lowest BCUT2D eigenvalue weighted by molar-refractivity contribution is 0.553. The zero-order valence-corrected chi connectivity index (χ0v) is 44.0. The lowest BCUT2D eigenvalue weighted by Gasteiger charge is -2.42. The second-order valence-electron chi connectivity index (χ2n) is 23.8. The lowest BCUT2D eigenvalue weighted by Crippen LogP contribution is -2.55. The summed E-state index contributed by atoms with van der Waals surface area (Å²) in [5.41, 5.74) is 23.3. The van der Waals surface area contributed by atoms with Crippen LogP contribution in [0.4, 0.5) is 34.1 Å². The van der Waals surface area contributed by atoms with Crippen molar-refractivity contribution in [1.82, 2.24) is 0 Å². The van der Waals surface area contributed by atoms with Crippen molar-refractivity contribution in [3.8, 4) is 11.1 Å². The van der Waals surface area contributed by atoms with Crippen molar-refractivity contribution in [2.45, 2.75) is 131 Å². The Bertz CT molecular complexity index is 3190. The minimum Gasteiger partial charge on any atom is -0.310 e. The zero-order chi connectivity index (χ0) is 49.2. The van der Waals surface area contributed by atoms with E-state index in [0.29, 0.717) is 0 Å². The Morgan fingerprint density at radius 2 is 0.783 bits per heavy atom. The quantitative estimate of drug-likeness (QED) is 0.163. The molecule has 0 saturated carbocycles. The molecule has 0 aliphatic carbocycles. The normalized spacial score (nSPS) is 15.3. The van der Waals surface area contributed by atoms with Crippen LogP contribution in [0.1, 0.15) is 143 Å². The first kappa shape index (κ1) is 46.4. The number of nitrogens with zero attached hydrogens (tertiary/aromatic N) is 2. The maximum atomic E-state index is 2.58. The van der Waals surface area contributed by atoms with Crippen molar-refractivity contribution in [2.24, 2.45) is 0 Å². The number of benzene rings is 8. The van der Waals surface area contributed by atoms with E-state index in [1.807, 2.05) is 13.8 Å². The molecule has 0 unspecified atom stereocenters. The van der Waals surface area contributed by atoms with Crippen LogP contribution in [0.5, 0.6) is 0 Å². The van der Waals surface area contributed by atoms with E-state index in [0.717, 1.165) is 0 Å². The summed E-state index contributed by atoms with van der Waals surface area (Å²) in [5.74, 6) is 0. The molecule has 69 heavy (non-hydrogen) atoms. The third-order valence-electron chi connectivity index (χ3n) is 15.7. The van der Waals surface area contributed by atoms with Crippen LogP contribution >= 0.6 is 0 Å². The molecule has 0 fully saturated rings. The standard InChI is InChI=1S/C64H65BN2.C2H6/c1-60(2,3)40-36-50(61(4,5)6)59(51(37-40)62(7,8)9)65-52-35-34-41(66-53-30-20-16-26-46(53)63(10,11)47-27-17-21-31-54(47)66)38-44(52)45-39-57(42-24-14-15-25-43(42)58(45)65)67-55-32-22-18-28-48(55)64(12,13)49-29-19-23-33-56(49)67;1-2/h14-39H,1-13H3;1-2H3. The summed E-state index contributed by atoms with van der Waals surface area (Å²) in [7, 11) is 0. The lowest BCUT2D eigenvalue weighted by atomic mass is 9.35. The summed E-state index contributed by atoms with van der Waals surface area (Å²) in [5, 5.41) is 2.58. The molecule has 8 aromatic rings. The Balaban J connectivity index is 0.00000273. The monoisotopic (exact) mass is 903 g/mol. The van der Waals surface area contributed by atoms with Crippen molar-refractivity contribution in [3.05, 3.63) is 197 Å². The summed E-state index contributed by atoms with van der Waals surface area (Å²) >= 11 is 0. The van der Waals surface area contributed by atoms with E-state index >= 15 is 0 Å². The molecule has 3 aliphatic heterocycles. The molecule has 0 amide bonds. The van der Waals surface area contributed by atoms with Crippen LogP contribution in [-0.4, -0.2) is 6.71 Å². The van der Waals surface area contributed by atoms with Gasteiger partial charge < -0.3 is 9.80 Å². The van der Waals surface area contributed by atoms with Crippen molar-refractivity contribution in [3.63, 3.8) is 0 Å². The summed E-state index contributed by atoms with van der Waals surface area (Å²) in [6.07, 6.45) is 0. The first-order valence-corrected chi connectivity index (χ1v) is 25.6. The van der Waals surface area contributed by atoms with Gasteiger partial charge in [0.15, 0.2) is 0 Å². The highest BCUT2D eigenvalue weighted by Gasteiger charge is 2.45. The fourth-order valence-corrected chi connectivity index (χ4v) is 12.2. The van der Waals surface area contributed by atoms with Gasteiger partial charge in [-0.05, 0) is 114 Å². The zero-order valence-electron chi connectivity index (χ0n) is 44.0. The van der Waals surface area contributed by atoms with Gasteiger partial charge in [-0.1, -0.05) is 236 Å². The average molecular weight is 903 g/mol. The van der Waals surface area contributed by atoms with Gasteiger partial charge in [-0.15, -0.1) is 0 Å². The molecular weight excluding hydrogens is 832 g/mol. The number of hydrogen-bond donors (Lipinski definition) is 0. The Morgan fingerprint density at radius 3 is 1.22 bits per heavy atom. The van der Waals surface area contributed by atoms with Gasteiger partial charge in [0, 0.05) is 21.9 Å². The van der Waals surface area contributed by atoms with E-state index in [4.69, 9.17) is 0 Å². The number of fused-ring (bicyclic) bond motifs is 9. The van der Waals surface area contributed by atoms with Gasteiger partial charge in [0.05, 0.1) is 28.4 Å². The van der Waals surface area contributed by atoms with E-state index in [1.54, 1.807) is 0 Å². The van der Waals surface area contributed by atoms with Gasteiger partial charge in [-0.2, -0.15) is 0 Å². The molecule has 3 heterocycles. The Labute approximate surface area is 414 Å². The molecule has 3 heteroatoms. The smallest absolute Gasteiger partial charge is 0.244 e. The maximum Gasteiger partial charge on any atom is 0.244 e. The highest BCUT2D eigenvalue weighted by molar-refractivity contribution is 7.01. The molecule has 348 valence electrons. The topological polar surface area (TPSA) is 6.48 Å². The second kappa shape index (κ2) is 16.1. The molecule has 11 rings (SSSR count). The van der Waals surface area contributed by atoms with Crippen LogP contribution in [0.15, 0.2) is 158 Å². The molecule has 0 atom stereocenters. The highest BCUT2D eigenvalue weighted by Crippen LogP contribution is 2.55. The number of anilines is 6. The number of hydrogen-bond acceptors (Lipinski definition) is 2. The fraction of sp³-hybridized carbons (Fsp3) is 0.303. The second-order valence-corrected chi connectivity index (χ2v) is 23.8. The van der Waals surface area contributed by atoms with Crippen molar-refractivity contribution in [1.29, 1.82) is 0 Å². The first-order valence-electron chi connectivity index (χ1n) is 25.6. The predicted molar refractivity (Wildman–Crippen MR) is 302 cm³/mol. The van der Waals surface area contributed by atoms with Gasteiger partial charge in [0.25, 0.3) is 0 Å².